The Bertz CT molecular complexity index is 1040. The molecule has 0 amide bonds. The molecule has 1 N–H and O–H groups in total. The second-order valence-corrected chi connectivity index (χ2v) is 6.61. The largest absolute Gasteiger partial charge is 0.493 e. The fourth-order valence-electron chi connectivity index (χ4n) is 2.66. The summed E-state index contributed by atoms with van der Waals surface area (Å²) in [6, 6.07) is 17.3. The smallest absolute Gasteiger partial charge is 0.416 e. The van der Waals surface area contributed by atoms with Gasteiger partial charge in [0.05, 0.1) is 24.6 Å². The zero-order chi connectivity index (χ0) is 21.6. The fraction of sp³-hybridized carbons (Fsp3) is 0.136. The van der Waals surface area contributed by atoms with E-state index in [0.29, 0.717) is 22.1 Å². The van der Waals surface area contributed by atoms with Gasteiger partial charge in [-0.05, 0) is 36.4 Å². The van der Waals surface area contributed by atoms with E-state index in [1.54, 1.807) is 24.3 Å². The number of hydrazone groups is 1. The highest BCUT2D eigenvalue weighted by atomic mass is 35.5. The molecule has 4 nitrogen and oxygen atoms in total. The highest BCUT2D eigenvalue weighted by molar-refractivity contribution is 6.31. The first-order chi connectivity index (χ1) is 14.4. The molecule has 0 heterocycles. The van der Waals surface area contributed by atoms with Crippen LogP contribution in [0.3, 0.4) is 0 Å². The minimum Gasteiger partial charge on any atom is -0.493 e. The van der Waals surface area contributed by atoms with E-state index in [-0.39, 0.29) is 12.3 Å². The first kappa shape index (κ1) is 21.5. The SMILES string of the molecule is COc1cccc(C=NNc2cccc(C(F)(F)F)c2)c1OCc1ccccc1Cl. The summed E-state index contributed by atoms with van der Waals surface area (Å²) in [5, 5.41) is 4.62. The van der Waals surface area contributed by atoms with Gasteiger partial charge in [0.1, 0.15) is 6.61 Å². The molecule has 0 aliphatic heterocycles. The average Bonchev–Trinajstić information content (AvgIpc) is 2.73. The molecule has 8 heteroatoms. The third-order valence-electron chi connectivity index (χ3n) is 4.15. The summed E-state index contributed by atoms with van der Waals surface area (Å²) < 4.78 is 49.8. The lowest BCUT2D eigenvalue weighted by atomic mass is 10.2. The van der Waals surface area contributed by atoms with Gasteiger partial charge >= 0.3 is 6.18 Å². The third kappa shape index (κ3) is 5.45. The topological polar surface area (TPSA) is 42.8 Å². The zero-order valence-corrected chi connectivity index (χ0v) is 16.7. The minimum absolute atomic E-state index is 0.210. The molecule has 3 rings (SSSR count). The first-order valence-electron chi connectivity index (χ1n) is 8.88. The Morgan fingerprint density at radius 1 is 1.03 bits per heavy atom. The van der Waals surface area contributed by atoms with Crippen molar-refractivity contribution in [3.05, 3.63) is 88.4 Å². The predicted molar refractivity (Wildman–Crippen MR) is 111 cm³/mol. The Hall–Kier alpha value is -3.19. The predicted octanol–water partition coefficient (Wildman–Crippen LogP) is 6.39. The van der Waals surface area contributed by atoms with Crippen molar-refractivity contribution in [3.8, 4) is 11.5 Å². The number of anilines is 1. The molecule has 30 heavy (non-hydrogen) atoms. The first-order valence-corrected chi connectivity index (χ1v) is 9.26. The van der Waals surface area contributed by atoms with Gasteiger partial charge in [-0.2, -0.15) is 18.3 Å². The van der Waals surface area contributed by atoms with Crippen LogP contribution in [-0.4, -0.2) is 13.3 Å². The average molecular weight is 435 g/mol. The Balaban J connectivity index is 1.78. The summed E-state index contributed by atoms with van der Waals surface area (Å²) in [4.78, 5) is 0. The molecular formula is C22H18ClF3N2O2. The molecule has 0 fully saturated rings. The van der Waals surface area contributed by atoms with E-state index in [9.17, 15) is 13.2 Å². The van der Waals surface area contributed by atoms with Gasteiger partial charge in [0.2, 0.25) is 0 Å². The van der Waals surface area contributed by atoms with Crippen molar-refractivity contribution >= 4 is 23.5 Å². The molecule has 0 saturated carbocycles. The van der Waals surface area contributed by atoms with E-state index in [1.165, 1.54) is 25.5 Å². The number of hydrogen-bond acceptors (Lipinski definition) is 4. The van der Waals surface area contributed by atoms with E-state index < -0.39 is 11.7 Å². The maximum absolute atomic E-state index is 12.8. The number of para-hydroxylation sites is 1. The molecule has 3 aromatic rings. The van der Waals surface area contributed by atoms with Gasteiger partial charge in [0, 0.05) is 16.1 Å². The van der Waals surface area contributed by atoms with Crippen LogP contribution in [0, 0.1) is 0 Å². The van der Waals surface area contributed by atoms with Gasteiger partial charge in [0.15, 0.2) is 11.5 Å². The van der Waals surface area contributed by atoms with Gasteiger partial charge in [-0.15, -0.1) is 0 Å². The number of ether oxygens (including phenoxy) is 2. The summed E-state index contributed by atoms with van der Waals surface area (Å²) >= 11 is 6.17. The molecule has 0 aliphatic rings. The number of methoxy groups -OCH3 is 1. The lowest BCUT2D eigenvalue weighted by Crippen LogP contribution is -2.05. The highest BCUT2D eigenvalue weighted by Crippen LogP contribution is 2.32. The molecule has 3 aromatic carbocycles. The van der Waals surface area contributed by atoms with Crippen molar-refractivity contribution < 1.29 is 22.6 Å². The fourth-order valence-corrected chi connectivity index (χ4v) is 2.85. The number of halogens is 4. The highest BCUT2D eigenvalue weighted by Gasteiger charge is 2.30. The molecule has 0 saturated heterocycles. The van der Waals surface area contributed by atoms with Gasteiger partial charge in [-0.1, -0.05) is 41.9 Å². The van der Waals surface area contributed by atoms with Gasteiger partial charge < -0.3 is 9.47 Å². The van der Waals surface area contributed by atoms with Crippen LogP contribution in [0.4, 0.5) is 18.9 Å². The number of rotatable bonds is 7. The normalized spacial score (nSPS) is 11.5. The number of hydrogen-bond donors (Lipinski definition) is 1. The number of nitrogens with one attached hydrogen (secondary N) is 1. The van der Waals surface area contributed by atoms with Crippen molar-refractivity contribution in [2.45, 2.75) is 12.8 Å². The van der Waals surface area contributed by atoms with Crippen molar-refractivity contribution in [1.82, 2.24) is 0 Å². The van der Waals surface area contributed by atoms with E-state index in [4.69, 9.17) is 21.1 Å². The van der Waals surface area contributed by atoms with Crippen LogP contribution in [0.25, 0.3) is 0 Å². The molecule has 0 aliphatic carbocycles. The van der Waals surface area contributed by atoms with Gasteiger partial charge in [-0.3, -0.25) is 5.43 Å². The molecule has 0 spiro atoms. The van der Waals surface area contributed by atoms with E-state index in [2.05, 4.69) is 10.5 Å². The molecular weight excluding hydrogens is 417 g/mol. The Labute approximate surface area is 176 Å². The molecule has 0 radical (unpaired) electrons. The Kier molecular flexibility index (Phi) is 6.84. The van der Waals surface area contributed by atoms with Gasteiger partial charge in [0.25, 0.3) is 0 Å². The maximum Gasteiger partial charge on any atom is 0.416 e. The maximum atomic E-state index is 12.8. The van der Waals surface area contributed by atoms with Crippen LogP contribution in [-0.2, 0) is 12.8 Å². The summed E-state index contributed by atoms with van der Waals surface area (Å²) in [6.07, 6.45) is -2.97. The van der Waals surface area contributed by atoms with Crippen LogP contribution in [0.1, 0.15) is 16.7 Å². The van der Waals surface area contributed by atoms with Crippen molar-refractivity contribution in [1.29, 1.82) is 0 Å². The monoisotopic (exact) mass is 434 g/mol. The van der Waals surface area contributed by atoms with E-state index in [0.717, 1.165) is 17.7 Å². The lowest BCUT2D eigenvalue weighted by Gasteiger charge is -2.14. The lowest BCUT2D eigenvalue weighted by molar-refractivity contribution is -0.137. The van der Waals surface area contributed by atoms with Crippen LogP contribution in [0.5, 0.6) is 11.5 Å². The van der Waals surface area contributed by atoms with Crippen molar-refractivity contribution in [3.63, 3.8) is 0 Å². The zero-order valence-electron chi connectivity index (χ0n) is 15.9. The van der Waals surface area contributed by atoms with Crippen LogP contribution in [0.15, 0.2) is 71.8 Å². The summed E-state index contributed by atoms with van der Waals surface area (Å²) in [6.45, 7) is 0.210. The quantitative estimate of drug-likeness (QED) is 0.346. The number of alkyl halides is 3. The van der Waals surface area contributed by atoms with E-state index in [1.807, 2.05) is 18.2 Å². The molecule has 156 valence electrons. The summed E-state index contributed by atoms with van der Waals surface area (Å²) in [5.74, 6) is 0.930. The van der Waals surface area contributed by atoms with E-state index >= 15 is 0 Å². The second-order valence-electron chi connectivity index (χ2n) is 6.21. The standard InChI is InChI=1S/C22H18ClF3N2O2/c1-29-20-11-4-7-15(21(20)30-14-16-6-2-3-10-19(16)23)13-27-28-18-9-5-8-17(12-18)22(24,25)26/h2-13,28H,14H2,1H3. The second kappa shape index (κ2) is 9.54. The minimum atomic E-state index is -4.42. The third-order valence-corrected chi connectivity index (χ3v) is 4.52. The molecule has 0 bridgehead atoms. The van der Waals surface area contributed by atoms with Crippen LogP contribution in [0.2, 0.25) is 5.02 Å². The molecule has 0 unspecified atom stereocenters. The van der Waals surface area contributed by atoms with Crippen molar-refractivity contribution in [2.75, 3.05) is 12.5 Å². The van der Waals surface area contributed by atoms with Crippen molar-refractivity contribution in [2.24, 2.45) is 5.10 Å². The molecule has 0 atom stereocenters. The van der Waals surface area contributed by atoms with Gasteiger partial charge in [-0.25, -0.2) is 0 Å². The van der Waals surface area contributed by atoms with Crippen LogP contribution < -0.4 is 14.9 Å². The Morgan fingerprint density at radius 2 is 1.80 bits per heavy atom. The summed E-state index contributed by atoms with van der Waals surface area (Å²) in [5.41, 5.74) is 3.44. The number of nitrogens with zero attached hydrogens (tertiary/aromatic N) is 1. The Morgan fingerprint density at radius 3 is 2.53 bits per heavy atom. The van der Waals surface area contributed by atoms with Crippen LogP contribution >= 0.6 is 11.6 Å². The summed E-state index contributed by atoms with van der Waals surface area (Å²) in [7, 11) is 1.51. The number of benzene rings is 3. The molecule has 0 aromatic heterocycles.